The first kappa shape index (κ1) is 12.1. The van der Waals surface area contributed by atoms with Gasteiger partial charge in [0, 0.05) is 19.7 Å². The minimum Gasteiger partial charge on any atom is -0.396 e. The number of rotatable bonds is 7. The van der Waals surface area contributed by atoms with Crippen molar-refractivity contribution in [3.05, 3.63) is 12.2 Å². The standard InChI is InChI=1S/C10H20N4O/c1-3-4-14-10(12-8-13-14)6-11-5-9(2)7-15/h8-9,11,15H,3-7H2,1-2H3. The van der Waals surface area contributed by atoms with Crippen molar-refractivity contribution in [1.29, 1.82) is 0 Å². The van der Waals surface area contributed by atoms with Crippen LogP contribution in [0, 0.1) is 5.92 Å². The van der Waals surface area contributed by atoms with Crippen LogP contribution < -0.4 is 5.32 Å². The summed E-state index contributed by atoms with van der Waals surface area (Å²) in [6.45, 7) is 6.76. The molecule has 0 amide bonds. The Bertz CT molecular complexity index is 274. The van der Waals surface area contributed by atoms with E-state index in [2.05, 4.69) is 22.3 Å². The molecule has 0 aliphatic rings. The van der Waals surface area contributed by atoms with Gasteiger partial charge in [-0.25, -0.2) is 9.67 Å². The molecule has 86 valence electrons. The zero-order chi connectivity index (χ0) is 11.1. The molecule has 0 aliphatic heterocycles. The van der Waals surface area contributed by atoms with E-state index in [1.165, 1.54) is 0 Å². The van der Waals surface area contributed by atoms with Gasteiger partial charge in [-0.3, -0.25) is 0 Å². The van der Waals surface area contributed by atoms with Gasteiger partial charge in [-0.05, 0) is 12.3 Å². The molecule has 0 saturated heterocycles. The van der Waals surface area contributed by atoms with E-state index in [9.17, 15) is 0 Å². The van der Waals surface area contributed by atoms with Crippen molar-refractivity contribution >= 4 is 0 Å². The highest BCUT2D eigenvalue weighted by atomic mass is 16.3. The van der Waals surface area contributed by atoms with E-state index in [4.69, 9.17) is 5.11 Å². The molecule has 1 heterocycles. The van der Waals surface area contributed by atoms with E-state index in [0.29, 0.717) is 6.54 Å². The van der Waals surface area contributed by atoms with Crippen LogP contribution in [0.15, 0.2) is 6.33 Å². The van der Waals surface area contributed by atoms with Crippen LogP contribution in [0.3, 0.4) is 0 Å². The maximum Gasteiger partial charge on any atom is 0.140 e. The van der Waals surface area contributed by atoms with Crippen molar-refractivity contribution in [2.24, 2.45) is 5.92 Å². The van der Waals surface area contributed by atoms with Crippen molar-refractivity contribution < 1.29 is 5.11 Å². The molecule has 0 fully saturated rings. The Morgan fingerprint density at radius 1 is 1.60 bits per heavy atom. The lowest BCUT2D eigenvalue weighted by Crippen LogP contribution is -2.24. The summed E-state index contributed by atoms with van der Waals surface area (Å²) in [6.07, 6.45) is 2.64. The molecule has 1 aromatic heterocycles. The third-order valence-electron chi connectivity index (χ3n) is 2.22. The summed E-state index contributed by atoms with van der Waals surface area (Å²) in [5, 5.41) is 16.3. The van der Waals surface area contributed by atoms with Gasteiger partial charge in [0.15, 0.2) is 0 Å². The van der Waals surface area contributed by atoms with E-state index < -0.39 is 0 Å². The number of aryl methyl sites for hydroxylation is 1. The summed E-state index contributed by atoms with van der Waals surface area (Å²) < 4.78 is 1.91. The molecule has 1 aromatic rings. The second kappa shape index (κ2) is 6.53. The van der Waals surface area contributed by atoms with E-state index in [1.54, 1.807) is 6.33 Å². The SMILES string of the molecule is CCCn1ncnc1CNCC(C)CO. The maximum atomic E-state index is 8.86. The molecule has 1 unspecified atom stereocenters. The predicted octanol–water partition coefficient (Wildman–Crippen LogP) is 0.406. The van der Waals surface area contributed by atoms with Crippen LogP contribution in [0.2, 0.25) is 0 Å². The summed E-state index contributed by atoms with van der Waals surface area (Å²) in [5.74, 6) is 1.24. The van der Waals surface area contributed by atoms with Crippen LogP contribution in [-0.4, -0.2) is 33.0 Å². The first-order valence-corrected chi connectivity index (χ1v) is 5.46. The number of aromatic nitrogens is 3. The van der Waals surface area contributed by atoms with Gasteiger partial charge in [-0.15, -0.1) is 0 Å². The monoisotopic (exact) mass is 212 g/mol. The minimum atomic E-state index is 0.217. The van der Waals surface area contributed by atoms with Crippen LogP contribution in [0.4, 0.5) is 0 Å². The third kappa shape index (κ3) is 3.97. The van der Waals surface area contributed by atoms with Crippen LogP contribution in [0.5, 0.6) is 0 Å². The van der Waals surface area contributed by atoms with Crippen LogP contribution >= 0.6 is 0 Å². The summed E-state index contributed by atoms with van der Waals surface area (Å²) in [4.78, 5) is 4.18. The molecule has 0 bridgehead atoms. The zero-order valence-electron chi connectivity index (χ0n) is 9.48. The minimum absolute atomic E-state index is 0.217. The highest BCUT2D eigenvalue weighted by Crippen LogP contribution is 1.96. The lowest BCUT2D eigenvalue weighted by molar-refractivity contribution is 0.233. The van der Waals surface area contributed by atoms with Crippen molar-refractivity contribution in [2.45, 2.75) is 33.4 Å². The molecule has 5 nitrogen and oxygen atoms in total. The van der Waals surface area contributed by atoms with Crippen molar-refractivity contribution in [3.63, 3.8) is 0 Å². The Morgan fingerprint density at radius 2 is 2.40 bits per heavy atom. The average Bonchev–Trinajstić information content (AvgIpc) is 2.66. The lowest BCUT2D eigenvalue weighted by Gasteiger charge is -2.09. The quantitative estimate of drug-likeness (QED) is 0.687. The number of nitrogens with zero attached hydrogens (tertiary/aromatic N) is 3. The summed E-state index contributed by atoms with van der Waals surface area (Å²) in [7, 11) is 0. The Kier molecular flexibility index (Phi) is 5.28. The first-order chi connectivity index (χ1) is 7.27. The van der Waals surface area contributed by atoms with Gasteiger partial charge in [-0.2, -0.15) is 5.10 Å². The van der Waals surface area contributed by atoms with E-state index in [0.717, 1.165) is 25.3 Å². The Labute approximate surface area is 90.5 Å². The van der Waals surface area contributed by atoms with Gasteiger partial charge in [0.1, 0.15) is 12.2 Å². The fraction of sp³-hybridized carbons (Fsp3) is 0.800. The average molecular weight is 212 g/mol. The van der Waals surface area contributed by atoms with Crippen molar-refractivity contribution in [3.8, 4) is 0 Å². The summed E-state index contributed by atoms with van der Waals surface area (Å²) in [5.41, 5.74) is 0. The first-order valence-electron chi connectivity index (χ1n) is 5.46. The molecular formula is C10H20N4O. The van der Waals surface area contributed by atoms with Crippen LogP contribution in [0.1, 0.15) is 26.1 Å². The molecule has 1 rings (SSSR count). The second-order valence-corrected chi connectivity index (χ2v) is 3.82. The highest BCUT2D eigenvalue weighted by Gasteiger charge is 2.04. The van der Waals surface area contributed by atoms with E-state index in [1.807, 2.05) is 11.6 Å². The van der Waals surface area contributed by atoms with Crippen molar-refractivity contribution in [2.75, 3.05) is 13.2 Å². The third-order valence-corrected chi connectivity index (χ3v) is 2.22. The maximum absolute atomic E-state index is 8.86. The molecule has 0 saturated carbocycles. The van der Waals surface area contributed by atoms with Crippen molar-refractivity contribution in [1.82, 2.24) is 20.1 Å². The highest BCUT2D eigenvalue weighted by molar-refractivity contribution is 4.83. The van der Waals surface area contributed by atoms with Crippen LogP contribution in [-0.2, 0) is 13.1 Å². The topological polar surface area (TPSA) is 63.0 Å². The van der Waals surface area contributed by atoms with E-state index in [-0.39, 0.29) is 12.5 Å². The Balaban J connectivity index is 2.33. The number of nitrogens with one attached hydrogen (secondary N) is 1. The molecule has 0 radical (unpaired) electrons. The Hall–Kier alpha value is -0.940. The number of hydrogen-bond acceptors (Lipinski definition) is 4. The molecule has 0 aliphatic carbocycles. The second-order valence-electron chi connectivity index (χ2n) is 3.82. The molecule has 15 heavy (non-hydrogen) atoms. The lowest BCUT2D eigenvalue weighted by atomic mass is 10.2. The largest absolute Gasteiger partial charge is 0.396 e. The molecular weight excluding hydrogens is 192 g/mol. The molecule has 1 atom stereocenters. The zero-order valence-corrected chi connectivity index (χ0v) is 9.48. The van der Waals surface area contributed by atoms with Gasteiger partial charge in [0.25, 0.3) is 0 Å². The molecule has 2 N–H and O–H groups in total. The normalized spacial score (nSPS) is 13.0. The Morgan fingerprint density at radius 3 is 3.07 bits per heavy atom. The van der Waals surface area contributed by atoms with Gasteiger partial charge in [0.05, 0.1) is 6.54 Å². The number of hydrogen-bond donors (Lipinski definition) is 2. The van der Waals surface area contributed by atoms with Crippen LogP contribution in [0.25, 0.3) is 0 Å². The van der Waals surface area contributed by atoms with Gasteiger partial charge in [0.2, 0.25) is 0 Å². The fourth-order valence-corrected chi connectivity index (χ4v) is 1.32. The fourth-order valence-electron chi connectivity index (χ4n) is 1.32. The van der Waals surface area contributed by atoms with Gasteiger partial charge >= 0.3 is 0 Å². The molecule has 0 spiro atoms. The van der Waals surface area contributed by atoms with E-state index >= 15 is 0 Å². The summed E-state index contributed by atoms with van der Waals surface area (Å²) in [6, 6.07) is 0. The number of aliphatic hydroxyl groups is 1. The molecule has 5 heteroatoms. The predicted molar refractivity (Wildman–Crippen MR) is 58.3 cm³/mol. The summed E-state index contributed by atoms with van der Waals surface area (Å²) >= 11 is 0. The number of aliphatic hydroxyl groups excluding tert-OH is 1. The molecule has 0 aromatic carbocycles. The smallest absolute Gasteiger partial charge is 0.140 e. The van der Waals surface area contributed by atoms with Gasteiger partial charge < -0.3 is 10.4 Å². The van der Waals surface area contributed by atoms with Gasteiger partial charge in [-0.1, -0.05) is 13.8 Å².